The van der Waals surface area contributed by atoms with Crippen LogP contribution in [0.4, 0.5) is 0 Å². The SMILES string of the molecule is O=c1[nH]c(-c2ccncn2)nc(O)c1Br. The number of halogens is 1. The van der Waals surface area contributed by atoms with Gasteiger partial charge in [0.2, 0.25) is 5.88 Å². The van der Waals surface area contributed by atoms with E-state index >= 15 is 0 Å². The summed E-state index contributed by atoms with van der Waals surface area (Å²) in [5.74, 6) is -0.171. The van der Waals surface area contributed by atoms with Gasteiger partial charge >= 0.3 is 0 Å². The highest BCUT2D eigenvalue weighted by atomic mass is 79.9. The number of H-pyrrole nitrogens is 1. The van der Waals surface area contributed by atoms with Gasteiger partial charge in [-0.25, -0.2) is 9.97 Å². The van der Waals surface area contributed by atoms with Crippen LogP contribution in [-0.4, -0.2) is 25.0 Å². The van der Waals surface area contributed by atoms with E-state index < -0.39 is 5.56 Å². The standard InChI is InChI=1S/C8H5BrN4O2/c9-5-7(14)12-6(13-8(5)15)4-1-2-10-3-11-4/h1-3H,(H2,12,13,14,15). The zero-order valence-corrected chi connectivity index (χ0v) is 8.89. The fourth-order valence-corrected chi connectivity index (χ4v) is 1.19. The van der Waals surface area contributed by atoms with Crippen LogP contribution in [0.15, 0.2) is 27.9 Å². The minimum atomic E-state index is -0.462. The van der Waals surface area contributed by atoms with E-state index in [2.05, 4.69) is 35.9 Å². The number of hydrogen-bond acceptors (Lipinski definition) is 5. The molecule has 0 fully saturated rings. The first-order chi connectivity index (χ1) is 7.18. The first kappa shape index (κ1) is 9.78. The molecular weight excluding hydrogens is 264 g/mol. The second kappa shape index (κ2) is 3.77. The number of nitrogens with zero attached hydrogens (tertiary/aromatic N) is 3. The number of nitrogens with one attached hydrogen (secondary N) is 1. The molecule has 0 amide bonds. The van der Waals surface area contributed by atoms with E-state index in [-0.39, 0.29) is 16.2 Å². The highest BCUT2D eigenvalue weighted by Gasteiger charge is 2.09. The quantitative estimate of drug-likeness (QED) is 0.794. The van der Waals surface area contributed by atoms with Crippen LogP contribution in [0.2, 0.25) is 0 Å². The first-order valence-corrected chi connectivity index (χ1v) is 4.73. The van der Waals surface area contributed by atoms with E-state index in [1.807, 2.05) is 0 Å². The van der Waals surface area contributed by atoms with Crippen molar-refractivity contribution in [2.24, 2.45) is 0 Å². The Balaban J connectivity index is 2.61. The van der Waals surface area contributed by atoms with Crippen molar-refractivity contribution >= 4 is 15.9 Å². The Kier molecular flexibility index (Phi) is 2.46. The lowest BCUT2D eigenvalue weighted by Crippen LogP contribution is -2.10. The van der Waals surface area contributed by atoms with Crippen molar-refractivity contribution in [1.82, 2.24) is 19.9 Å². The number of hydrogen-bond donors (Lipinski definition) is 2. The summed E-state index contributed by atoms with van der Waals surface area (Å²) in [6.45, 7) is 0. The average Bonchev–Trinajstić information content (AvgIpc) is 2.26. The molecule has 0 spiro atoms. The molecule has 2 rings (SSSR count). The van der Waals surface area contributed by atoms with Gasteiger partial charge in [-0.15, -0.1) is 0 Å². The molecular formula is C8H5BrN4O2. The molecule has 6 nitrogen and oxygen atoms in total. The minimum absolute atomic E-state index is 0.000283. The molecule has 0 saturated heterocycles. The molecule has 2 aromatic rings. The largest absolute Gasteiger partial charge is 0.492 e. The van der Waals surface area contributed by atoms with Gasteiger partial charge in [0.05, 0.1) is 0 Å². The number of aromatic hydroxyl groups is 1. The van der Waals surface area contributed by atoms with Crippen molar-refractivity contribution in [3.63, 3.8) is 0 Å². The molecule has 2 aromatic heterocycles. The summed E-state index contributed by atoms with van der Waals surface area (Å²) in [4.78, 5) is 25.1. The molecule has 2 N–H and O–H groups in total. The molecule has 0 radical (unpaired) electrons. The van der Waals surface area contributed by atoms with Crippen LogP contribution in [0.5, 0.6) is 5.88 Å². The fraction of sp³-hybridized carbons (Fsp3) is 0. The lowest BCUT2D eigenvalue weighted by Gasteiger charge is -2.00. The van der Waals surface area contributed by atoms with E-state index in [9.17, 15) is 9.90 Å². The highest BCUT2D eigenvalue weighted by Crippen LogP contribution is 2.18. The third-order valence-corrected chi connectivity index (χ3v) is 2.38. The maximum absolute atomic E-state index is 11.3. The monoisotopic (exact) mass is 268 g/mol. The van der Waals surface area contributed by atoms with Gasteiger partial charge in [-0.2, -0.15) is 4.98 Å². The Morgan fingerprint density at radius 3 is 2.87 bits per heavy atom. The van der Waals surface area contributed by atoms with Crippen molar-refractivity contribution in [2.75, 3.05) is 0 Å². The van der Waals surface area contributed by atoms with Gasteiger partial charge in [0.1, 0.15) is 16.5 Å². The molecule has 0 aliphatic carbocycles. The zero-order chi connectivity index (χ0) is 10.8. The van der Waals surface area contributed by atoms with E-state index in [0.717, 1.165) is 0 Å². The summed E-state index contributed by atoms with van der Waals surface area (Å²) in [5.41, 5.74) is -0.0268. The molecule has 7 heteroatoms. The first-order valence-electron chi connectivity index (χ1n) is 3.93. The predicted octanol–water partition coefficient (Wildman–Crippen LogP) is 0.695. The summed E-state index contributed by atoms with van der Waals surface area (Å²) >= 11 is 2.90. The van der Waals surface area contributed by atoms with Crippen LogP contribution >= 0.6 is 15.9 Å². The topological polar surface area (TPSA) is 91.8 Å². The van der Waals surface area contributed by atoms with Crippen LogP contribution in [0.1, 0.15) is 0 Å². The molecule has 0 aliphatic heterocycles. The lowest BCUT2D eigenvalue weighted by atomic mass is 10.4. The minimum Gasteiger partial charge on any atom is -0.492 e. The molecule has 76 valence electrons. The smallest absolute Gasteiger partial charge is 0.269 e. The highest BCUT2D eigenvalue weighted by molar-refractivity contribution is 9.10. The van der Waals surface area contributed by atoms with Crippen molar-refractivity contribution in [3.8, 4) is 17.4 Å². The summed E-state index contributed by atoms with van der Waals surface area (Å²) in [6.07, 6.45) is 2.84. The summed E-state index contributed by atoms with van der Waals surface area (Å²) in [6, 6.07) is 1.58. The van der Waals surface area contributed by atoms with Gasteiger partial charge in [-0.05, 0) is 22.0 Å². The second-order valence-corrected chi connectivity index (χ2v) is 3.44. The van der Waals surface area contributed by atoms with E-state index in [4.69, 9.17) is 0 Å². The van der Waals surface area contributed by atoms with Gasteiger partial charge in [0, 0.05) is 6.20 Å². The summed E-state index contributed by atoms with van der Waals surface area (Å²) in [7, 11) is 0. The van der Waals surface area contributed by atoms with Crippen molar-refractivity contribution in [3.05, 3.63) is 33.4 Å². The third kappa shape index (κ3) is 1.86. The Morgan fingerprint density at radius 1 is 1.47 bits per heavy atom. The van der Waals surface area contributed by atoms with Gasteiger partial charge in [0.25, 0.3) is 5.56 Å². The van der Waals surface area contributed by atoms with E-state index in [1.165, 1.54) is 12.5 Å². The molecule has 0 unspecified atom stereocenters. The third-order valence-electron chi connectivity index (χ3n) is 1.67. The van der Waals surface area contributed by atoms with Crippen molar-refractivity contribution < 1.29 is 5.11 Å². The second-order valence-electron chi connectivity index (χ2n) is 2.65. The molecule has 0 aliphatic rings. The fourth-order valence-electron chi connectivity index (χ4n) is 0.999. The summed E-state index contributed by atoms with van der Waals surface area (Å²) in [5, 5.41) is 9.32. The maximum atomic E-state index is 11.3. The Bertz CT molecular complexity index is 540. The van der Waals surface area contributed by atoms with Crippen LogP contribution in [0.25, 0.3) is 11.5 Å². The van der Waals surface area contributed by atoms with Crippen LogP contribution in [0, 0.1) is 0 Å². The molecule has 0 atom stereocenters. The molecule has 0 saturated carbocycles. The van der Waals surface area contributed by atoms with Crippen LogP contribution < -0.4 is 5.56 Å². The zero-order valence-electron chi connectivity index (χ0n) is 7.31. The average molecular weight is 269 g/mol. The molecule has 0 bridgehead atoms. The molecule has 2 heterocycles. The van der Waals surface area contributed by atoms with Gasteiger partial charge in [-0.3, -0.25) is 4.79 Å². The van der Waals surface area contributed by atoms with Crippen molar-refractivity contribution in [1.29, 1.82) is 0 Å². The number of rotatable bonds is 1. The van der Waals surface area contributed by atoms with E-state index in [1.54, 1.807) is 6.07 Å². The predicted molar refractivity (Wildman–Crippen MR) is 55.2 cm³/mol. The van der Waals surface area contributed by atoms with Gasteiger partial charge in [-0.1, -0.05) is 0 Å². The van der Waals surface area contributed by atoms with Crippen LogP contribution in [0.3, 0.4) is 0 Å². The van der Waals surface area contributed by atoms with Gasteiger partial charge in [0.15, 0.2) is 5.82 Å². The van der Waals surface area contributed by atoms with Gasteiger partial charge < -0.3 is 10.1 Å². The van der Waals surface area contributed by atoms with Crippen LogP contribution in [-0.2, 0) is 0 Å². The maximum Gasteiger partial charge on any atom is 0.269 e. The van der Waals surface area contributed by atoms with Crippen molar-refractivity contribution in [2.45, 2.75) is 0 Å². The Morgan fingerprint density at radius 2 is 2.27 bits per heavy atom. The Hall–Kier alpha value is -1.76. The summed E-state index contributed by atoms with van der Waals surface area (Å²) < 4.78 is 0.000283. The number of aromatic amines is 1. The lowest BCUT2D eigenvalue weighted by molar-refractivity contribution is 0.448. The Labute approximate surface area is 92.2 Å². The normalized spacial score (nSPS) is 10.2. The number of aromatic nitrogens is 4. The van der Waals surface area contributed by atoms with E-state index in [0.29, 0.717) is 5.69 Å². The molecule has 15 heavy (non-hydrogen) atoms. The molecule has 0 aromatic carbocycles.